The number of rotatable bonds is 4. The van der Waals surface area contributed by atoms with E-state index in [2.05, 4.69) is 23.7 Å². The number of anilines is 1. The topological polar surface area (TPSA) is 42.1 Å². The summed E-state index contributed by atoms with van der Waals surface area (Å²) in [6.45, 7) is 8.00. The molecule has 1 aliphatic rings. The standard InChI is InChI=1S/C14H23N3/c1-3-14(4-2)7-8-17(11-14)10-13-6-5-12(15)9-16-13/h5-6,9H,3-4,7-8,10-11,15H2,1-2H3. The molecule has 0 bridgehead atoms. The molecule has 2 rings (SSSR count). The SMILES string of the molecule is CCC1(CC)CCN(Cc2ccc(N)cn2)C1. The molecule has 1 aromatic rings. The summed E-state index contributed by atoms with van der Waals surface area (Å²) in [6, 6.07) is 3.97. The highest BCUT2D eigenvalue weighted by molar-refractivity contribution is 5.34. The van der Waals surface area contributed by atoms with Gasteiger partial charge in [-0.25, -0.2) is 0 Å². The van der Waals surface area contributed by atoms with Gasteiger partial charge in [0.1, 0.15) is 0 Å². The molecule has 0 aliphatic carbocycles. The van der Waals surface area contributed by atoms with Gasteiger partial charge in [0.05, 0.1) is 17.6 Å². The average molecular weight is 233 g/mol. The predicted molar refractivity (Wildman–Crippen MR) is 71.6 cm³/mol. The van der Waals surface area contributed by atoms with E-state index in [4.69, 9.17) is 5.73 Å². The van der Waals surface area contributed by atoms with Crippen LogP contribution in [-0.4, -0.2) is 23.0 Å². The Bertz CT molecular complexity index is 354. The lowest BCUT2D eigenvalue weighted by Crippen LogP contribution is -2.26. The summed E-state index contributed by atoms with van der Waals surface area (Å²) in [5.74, 6) is 0. The van der Waals surface area contributed by atoms with Crippen molar-refractivity contribution < 1.29 is 0 Å². The van der Waals surface area contributed by atoms with Gasteiger partial charge in [0.2, 0.25) is 0 Å². The number of aromatic nitrogens is 1. The van der Waals surface area contributed by atoms with Crippen molar-refractivity contribution >= 4 is 5.69 Å². The minimum atomic E-state index is 0.549. The van der Waals surface area contributed by atoms with E-state index < -0.39 is 0 Å². The third-order valence-corrected chi connectivity index (χ3v) is 4.25. The summed E-state index contributed by atoms with van der Waals surface area (Å²) in [5.41, 5.74) is 8.06. The van der Waals surface area contributed by atoms with Gasteiger partial charge in [0, 0.05) is 13.1 Å². The molecule has 17 heavy (non-hydrogen) atoms. The van der Waals surface area contributed by atoms with Gasteiger partial charge in [0.15, 0.2) is 0 Å². The van der Waals surface area contributed by atoms with Gasteiger partial charge in [-0.05, 0) is 43.4 Å². The van der Waals surface area contributed by atoms with Crippen molar-refractivity contribution in [3.8, 4) is 0 Å². The first-order chi connectivity index (χ1) is 8.17. The van der Waals surface area contributed by atoms with Crippen LogP contribution in [0, 0.1) is 5.41 Å². The zero-order valence-electron chi connectivity index (χ0n) is 10.9. The Morgan fingerprint density at radius 1 is 1.35 bits per heavy atom. The predicted octanol–water partition coefficient (Wildman–Crippen LogP) is 2.68. The molecule has 0 amide bonds. The van der Waals surface area contributed by atoms with Crippen LogP contribution in [0.25, 0.3) is 0 Å². The van der Waals surface area contributed by atoms with Crippen LogP contribution in [0.3, 0.4) is 0 Å². The number of likely N-dealkylation sites (tertiary alicyclic amines) is 1. The molecule has 1 aliphatic heterocycles. The van der Waals surface area contributed by atoms with Crippen LogP contribution in [-0.2, 0) is 6.54 Å². The summed E-state index contributed by atoms with van der Waals surface area (Å²) < 4.78 is 0. The van der Waals surface area contributed by atoms with Crippen LogP contribution in [0.1, 0.15) is 38.8 Å². The number of hydrogen-bond donors (Lipinski definition) is 1. The van der Waals surface area contributed by atoms with E-state index in [1.165, 1.54) is 32.4 Å². The van der Waals surface area contributed by atoms with Gasteiger partial charge in [-0.3, -0.25) is 9.88 Å². The molecule has 0 aromatic carbocycles. The molecule has 0 saturated carbocycles. The Balaban J connectivity index is 1.95. The van der Waals surface area contributed by atoms with Gasteiger partial charge in [-0.15, -0.1) is 0 Å². The van der Waals surface area contributed by atoms with Crippen LogP contribution >= 0.6 is 0 Å². The summed E-state index contributed by atoms with van der Waals surface area (Å²) in [6.07, 6.45) is 5.65. The van der Waals surface area contributed by atoms with Crippen molar-refractivity contribution in [3.05, 3.63) is 24.0 Å². The minimum Gasteiger partial charge on any atom is -0.397 e. The molecule has 2 N–H and O–H groups in total. The van der Waals surface area contributed by atoms with Crippen molar-refractivity contribution in [2.45, 2.75) is 39.7 Å². The lowest BCUT2D eigenvalue weighted by Gasteiger charge is -2.26. The van der Waals surface area contributed by atoms with Crippen molar-refractivity contribution in [1.29, 1.82) is 0 Å². The fourth-order valence-corrected chi connectivity index (χ4v) is 2.75. The Morgan fingerprint density at radius 3 is 2.65 bits per heavy atom. The second kappa shape index (κ2) is 5.05. The van der Waals surface area contributed by atoms with Crippen molar-refractivity contribution in [1.82, 2.24) is 9.88 Å². The third kappa shape index (κ3) is 2.78. The molecule has 3 heteroatoms. The van der Waals surface area contributed by atoms with E-state index in [-0.39, 0.29) is 0 Å². The molecule has 1 aromatic heterocycles. The lowest BCUT2D eigenvalue weighted by molar-refractivity contribution is 0.235. The number of nitrogen functional groups attached to an aromatic ring is 1. The maximum atomic E-state index is 5.64. The second-order valence-corrected chi connectivity index (χ2v) is 5.25. The van der Waals surface area contributed by atoms with E-state index in [9.17, 15) is 0 Å². The monoisotopic (exact) mass is 233 g/mol. The molecule has 1 saturated heterocycles. The van der Waals surface area contributed by atoms with Crippen LogP contribution in [0.4, 0.5) is 5.69 Å². The number of pyridine rings is 1. The molecular weight excluding hydrogens is 210 g/mol. The van der Waals surface area contributed by atoms with Gasteiger partial charge in [0.25, 0.3) is 0 Å². The normalized spacial score (nSPS) is 19.6. The van der Waals surface area contributed by atoms with Crippen molar-refractivity contribution in [2.24, 2.45) is 5.41 Å². The fraction of sp³-hybridized carbons (Fsp3) is 0.643. The first-order valence-electron chi connectivity index (χ1n) is 6.60. The number of hydrogen-bond acceptors (Lipinski definition) is 3. The Morgan fingerprint density at radius 2 is 2.12 bits per heavy atom. The maximum absolute atomic E-state index is 5.64. The highest BCUT2D eigenvalue weighted by Crippen LogP contribution is 2.37. The Hall–Kier alpha value is -1.09. The second-order valence-electron chi connectivity index (χ2n) is 5.25. The molecule has 0 unspecified atom stereocenters. The van der Waals surface area contributed by atoms with Crippen LogP contribution < -0.4 is 5.73 Å². The van der Waals surface area contributed by atoms with Crippen LogP contribution in [0.2, 0.25) is 0 Å². The number of nitrogens with two attached hydrogens (primary N) is 1. The fourth-order valence-electron chi connectivity index (χ4n) is 2.75. The summed E-state index contributed by atoms with van der Waals surface area (Å²) in [4.78, 5) is 6.89. The Kier molecular flexibility index (Phi) is 3.67. The molecule has 1 fully saturated rings. The van der Waals surface area contributed by atoms with Gasteiger partial charge in [-0.2, -0.15) is 0 Å². The van der Waals surface area contributed by atoms with Crippen LogP contribution in [0.5, 0.6) is 0 Å². The molecule has 0 radical (unpaired) electrons. The largest absolute Gasteiger partial charge is 0.397 e. The number of nitrogens with zero attached hydrogens (tertiary/aromatic N) is 2. The van der Waals surface area contributed by atoms with Crippen LogP contribution in [0.15, 0.2) is 18.3 Å². The van der Waals surface area contributed by atoms with Crippen molar-refractivity contribution in [2.75, 3.05) is 18.8 Å². The van der Waals surface area contributed by atoms with Gasteiger partial charge >= 0.3 is 0 Å². The molecule has 3 nitrogen and oxygen atoms in total. The van der Waals surface area contributed by atoms with Crippen molar-refractivity contribution in [3.63, 3.8) is 0 Å². The van der Waals surface area contributed by atoms with Gasteiger partial charge < -0.3 is 5.73 Å². The van der Waals surface area contributed by atoms with E-state index in [1.54, 1.807) is 6.20 Å². The van der Waals surface area contributed by atoms with E-state index in [0.717, 1.165) is 17.9 Å². The lowest BCUT2D eigenvalue weighted by atomic mass is 9.82. The summed E-state index contributed by atoms with van der Waals surface area (Å²) in [5, 5.41) is 0. The minimum absolute atomic E-state index is 0.549. The molecule has 0 atom stereocenters. The van der Waals surface area contributed by atoms with E-state index in [1.807, 2.05) is 12.1 Å². The first-order valence-corrected chi connectivity index (χ1v) is 6.60. The quantitative estimate of drug-likeness (QED) is 0.869. The smallest absolute Gasteiger partial charge is 0.0545 e. The zero-order chi connectivity index (χ0) is 12.3. The molecule has 94 valence electrons. The van der Waals surface area contributed by atoms with E-state index in [0.29, 0.717) is 5.41 Å². The zero-order valence-corrected chi connectivity index (χ0v) is 10.9. The first kappa shape index (κ1) is 12.4. The summed E-state index contributed by atoms with van der Waals surface area (Å²) in [7, 11) is 0. The molecule has 0 spiro atoms. The van der Waals surface area contributed by atoms with Gasteiger partial charge in [-0.1, -0.05) is 13.8 Å². The average Bonchev–Trinajstić information content (AvgIpc) is 2.76. The van der Waals surface area contributed by atoms with E-state index >= 15 is 0 Å². The highest BCUT2D eigenvalue weighted by atomic mass is 15.2. The third-order valence-electron chi connectivity index (χ3n) is 4.25. The maximum Gasteiger partial charge on any atom is 0.0545 e. The summed E-state index contributed by atoms with van der Waals surface area (Å²) >= 11 is 0. The molecular formula is C14H23N3. The molecule has 2 heterocycles. The Labute approximate surface area is 104 Å². The highest BCUT2D eigenvalue weighted by Gasteiger charge is 2.34.